The molecule has 3 heterocycles. The van der Waals surface area contributed by atoms with Gasteiger partial charge in [0.15, 0.2) is 0 Å². The van der Waals surface area contributed by atoms with Crippen LogP contribution < -0.4 is 4.90 Å². The van der Waals surface area contributed by atoms with Crippen LogP contribution in [-0.4, -0.2) is 66.2 Å². The van der Waals surface area contributed by atoms with Crippen molar-refractivity contribution in [2.24, 2.45) is 0 Å². The third kappa shape index (κ3) is 4.67. The van der Waals surface area contributed by atoms with E-state index in [0.717, 1.165) is 66.2 Å². The highest BCUT2D eigenvalue weighted by Gasteiger charge is 2.37. The van der Waals surface area contributed by atoms with Gasteiger partial charge in [0.25, 0.3) is 11.1 Å². The van der Waals surface area contributed by atoms with Crippen LogP contribution in [0.1, 0.15) is 16.7 Å². The summed E-state index contributed by atoms with van der Waals surface area (Å²) in [7, 11) is 0. The van der Waals surface area contributed by atoms with Crippen LogP contribution in [0.2, 0.25) is 0 Å². The number of carbonyl (C=O) groups is 3. The topological polar surface area (TPSA) is 70.2 Å². The molecule has 170 valence electrons. The molecule has 0 spiro atoms. The van der Waals surface area contributed by atoms with Crippen molar-refractivity contribution < 1.29 is 19.1 Å². The second-order valence-electron chi connectivity index (χ2n) is 8.29. The molecule has 7 nitrogen and oxygen atoms in total. The largest absolute Gasteiger partial charge is 0.378 e. The van der Waals surface area contributed by atoms with Crippen molar-refractivity contribution in [2.45, 2.75) is 13.0 Å². The summed E-state index contributed by atoms with van der Waals surface area (Å²) < 4.78 is 5.39. The fourth-order valence-corrected chi connectivity index (χ4v) is 5.17. The molecule has 2 aromatic rings. The molecule has 8 heteroatoms. The standard InChI is InChI=1S/C25H25N3O4S/c29-23(27-10-9-19-3-1-2-4-20(19)16-27)17-28-24(30)22(33-25(28)31)15-18-5-7-21(8-6-18)26-11-13-32-14-12-26/h1-8,15H,9-14,16-17H2/b22-15+. The van der Waals surface area contributed by atoms with Crippen LogP contribution in [0.25, 0.3) is 6.08 Å². The molecule has 0 atom stereocenters. The van der Waals surface area contributed by atoms with E-state index in [1.165, 1.54) is 5.56 Å². The predicted molar refractivity (Wildman–Crippen MR) is 128 cm³/mol. The number of thioether (sulfide) groups is 1. The maximum absolute atomic E-state index is 12.9. The summed E-state index contributed by atoms with van der Waals surface area (Å²) in [5.41, 5.74) is 4.32. The summed E-state index contributed by atoms with van der Waals surface area (Å²) in [4.78, 5) is 43.6. The maximum Gasteiger partial charge on any atom is 0.294 e. The van der Waals surface area contributed by atoms with Crippen molar-refractivity contribution in [3.63, 3.8) is 0 Å². The zero-order chi connectivity index (χ0) is 22.8. The van der Waals surface area contributed by atoms with E-state index in [4.69, 9.17) is 4.74 Å². The highest BCUT2D eigenvalue weighted by molar-refractivity contribution is 8.18. The third-order valence-corrected chi connectivity index (χ3v) is 7.12. The molecule has 3 aliphatic rings. The molecule has 0 unspecified atom stereocenters. The van der Waals surface area contributed by atoms with E-state index >= 15 is 0 Å². The Kier molecular flexibility index (Phi) is 6.20. The Hall–Kier alpha value is -3.10. The number of rotatable bonds is 4. The van der Waals surface area contributed by atoms with Gasteiger partial charge in [0.1, 0.15) is 6.54 Å². The van der Waals surface area contributed by atoms with Crippen molar-refractivity contribution in [3.05, 3.63) is 70.1 Å². The molecule has 3 amide bonds. The Morgan fingerprint density at radius 1 is 0.970 bits per heavy atom. The molecule has 2 fully saturated rings. The van der Waals surface area contributed by atoms with Gasteiger partial charge >= 0.3 is 0 Å². The van der Waals surface area contributed by atoms with E-state index in [9.17, 15) is 14.4 Å². The molecular weight excluding hydrogens is 438 g/mol. The summed E-state index contributed by atoms with van der Waals surface area (Å²) in [6.45, 7) is 4.03. The van der Waals surface area contributed by atoms with Crippen LogP contribution >= 0.6 is 11.8 Å². The van der Waals surface area contributed by atoms with E-state index in [-0.39, 0.29) is 12.5 Å². The van der Waals surface area contributed by atoms with E-state index in [1.54, 1.807) is 11.0 Å². The van der Waals surface area contributed by atoms with E-state index in [1.807, 2.05) is 42.5 Å². The van der Waals surface area contributed by atoms with Crippen molar-refractivity contribution in [2.75, 3.05) is 44.3 Å². The molecule has 2 saturated heterocycles. The fourth-order valence-electron chi connectivity index (χ4n) is 4.33. The Morgan fingerprint density at radius 3 is 2.45 bits per heavy atom. The lowest BCUT2D eigenvalue weighted by Gasteiger charge is -2.29. The van der Waals surface area contributed by atoms with Gasteiger partial charge < -0.3 is 14.5 Å². The van der Waals surface area contributed by atoms with Crippen LogP contribution in [0.15, 0.2) is 53.4 Å². The zero-order valence-electron chi connectivity index (χ0n) is 18.2. The lowest BCUT2D eigenvalue weighted by Crippen LogP contribution is -2.44. The van der Waals surface area contributed by atoms with Crippen molar-refractivity contribution >= 4 is 40.6 Å². The number of ether oxygens (including phenoxy) is 1. The second-order valence-corrected chi connectivity index (χ2v) is 9.29. The Balaban J connectivity index is 1.23. The minimum absolute atomic E-state index is 0.206. The van der Waals surface area contributed by atoms with Gasteiger partial charge in [-0.15, -0.1) is 0 Å². The third-order valence-electron chi connectivity index (χ3n) is 6.22. The number of hydrogen-bond donors (Lipinski definition) is 0. The van der Waals surface area contributed by atoms with Gasteiger partial charge in [-0.25, -0.2) is 0 Å². The van der Waals surface area contributed by atoms with Gasteiger partial charge in [-0.05, 0) is 53.1 Å². The van der Waals surface area contributed by atoms with Crippen molar-refractivity contribution in [1.29, 1.82) is 0 Å². The number of carbonyl (C=O) groups excluding carboxylic acids is 3. The molecule has 0 radical (unpaired) electrons. The molecule has 3 aliphatic heterocycles. The van der Waals surface area contributed by atoms with Gasteiger partial charge in [0, 0.05) is 31.9 Å². The number of anilines is 1. The van der Waals surface area contributed by atoms with E-state index < -0.39 is 11.1 Å². The molecular formula is C25H25N3O4S. The number of nitrogens with zero attached hydrogens (tertiary/aromatic N) is 3. The first-order valence-electron chi connectivity index (χ1n) is 11.1. The number of morpholine rings is 1. The maximum atomic E-state index is 12.9. The van der Waals surface area contributed by atoms with Gasteiger partial charge in [0.05, 0.1) is 18.1 Å². The average molecular weight is 464 g/mol. The first kappa shape index (κ1) is 21.7. The molecule has 0 N–H and O–H groups in total. The van der Waals surface area contributed by atoms with Crippen LogP contribution in [0.5, 0.6) is 0 Å². The molecule has 33 heavy (non-hydrogen) atoms. The van der Waals surface area contributed by atoms with Gasteiger partial charge in [0.2, 0.25) is 5.91 Å². The summed E-state index contributed by atoms with van der Waals surface area (Å²) in [5.74, 6) is -0.615. The Labute approximate surface area is 197 Å². The monoisotopic (exact) mass is 463 g/mol. The Morgan fingerprint density at radius 2 is 1.70 bits per heavy atom. The number of amides is 3. The summed E-state index contributed by atoms with van der Waals surface area (Å²) in [5, 5.41) is -0.401. The van der Waals surface area contributed by atoms with E-state index in [2.05, 4.69) is 11.0 Å². The minimum atomic E-state index is -0.409. The average Bonchev–Trinajstić information content (AvgIpc) is 3.12. The highest BCUT2D eigenvalue weighted by Crippen LogP contribution is 2.32. The summed E-state index contributed by atoms with van der Waals surface area (Å²) >= 11 is 0.887. The number of hydrogen-bond acceptors (Lipinski definition) is 6. The quantitative estimate of drug-likeness (QED) is 0.649. The minimum Gasteiger partial charge on any atom is -0.378 e. The van der Waals surface area contributed by atoms with Gasteiger partial charge in [-0.3, -0.25) is 19.3 Å². The van der Waals surface area contributed by atoms with Gasteiger partial charge in [-0.2, -0.15) is 0 Å². The fraction of sp³-hybridized carbons (Fsp3) is 0.320. The first-order valence-corrected chi connectivity index (χ1v) is 11.9. The SMILES string of the molecule is O=C(CN1C(=O)S/C(=C/c2ccc(N3CCOCC3)cc2)C1=O)N1CCc2ccccc2C1. The van der Waals surface area contributed by atoms with E-state index in [0.29, 0.717) is 18.0 Å². The lowest BCUT2D eigenvalue weighted by molar-refractivity contribution is -0.136. The normalized spacial score (nSPS) is 19.9. The number of imide groups is 1. The molecule has 5 rings (SSSR count). The lowest BCUT2D eigenvalue weighted by atomic mass is 10.00. The smallest absolute Gasteiger partial charge is 0.294 e. The van der Waals surface area contributed by atoms with Crippen LogP contribution in [0.3, 0.4) is 0 Å². The summed E-state index contributed by atoms with van der Waals surface area (Å²) in [6.07, 6.45) is 2.50. The van der Waals surface area contributed by atoms with Crippen LogP contribution in [0.4, 0.5) is 10.5 Å². The Bertz CT molecular complexity index is 1110. The molecule has 0 bridgehead atoms. The first-order chi connectivity index (χ1) is 16.1. The number of fused-ring (bicyclic) bond motifs is 1. The van der Waals surface area contributed by atoms with Crippen LogP contribution in [0, 0.1) is 0 Å². The molecule has 0 saturated carbocycles. The van der Waals surface area contributed by atoms with Crippen molar-refractivity contribution in [1.82, 2.24) is 9.80 Å². The molecule has 0 aromatic heterocycles. The zero-order valence-corrected chi connectivity index (χ0v) is 19.1. The second kappa shape index (κ2) is 9.41. The highest BCUT2D eigenvalue weighted by atomic mass is 32.2. The van der Waals surface area contributed by atoms with Crippen LogP contribution in [-0.2, 0) is 27.3 Å². The van der Waals surface area contributed by atoms with Crippen molar-refractivity contribution in [3.8, 4) is 0 Å². The predicted octanol–water partition coefficient (Wildman–Crippen LogP) is 3.14. The van der Waals surface area contributed by atoms with Gasteiger partial charge in [-0.1, -0.05) is 36.4 Å². The summed E-state index contributed by atoms with van der Waals surface area (Å²) in [6, 6.07) is 16.0. The molecule has 2 aromatic carbocycles. The number of benzene rings is 2. The molecule has 0 aliphatic carbocycles.